The molecular weight excluding hydrogens is 289 g/mol. The molecule has 0 heterocycles. The van der Waals surface area contributed by atoms with E-state index in [0.29, 0.717) is 11.8 Å². The maximum atomic E-state index is 13.3. The van der Waals surface area contributed by atoms with Crippen LogP contribution >= 0.6 is 11.8 Å². The lowest BCUT2D eigenvalue weighted by Crippen LogP contribution is -2.34. The Balaban J connectivity index is 3.05. The highest BCUT2D eigenvalue weighted by Crippen LogP contribution is 2.31. The highest BCUT2D eigenvalue weighted by molar-refractivity contribution is 7.99. The summed E-state index contributed by atoms with van der Waals surface area (Å²) in [6.07, 6.45) is 0. The summed E-state index contributed by atoms with van der Waals surface area (Å²) in [6, 6.07) is -0.736. The van der Waals surface area contributed by atoms with Crippen molar-refractivity contribution in [2.45, 2.75) is 17.9 Å². The van der Waals surface area contributed by atoms with E-state index in [0.717, 1.165) is 0 Å². The van der Waals surface area contributed by atoms with E-state index in [4.69, 9.17) is 0 Å². The molecule has 19 heavy (non-hydrogen) atoms. The van der Waals surface area contributed by atoms with E-state index in [-0.39, 0.29) is 11.5 Å². The standard InChI is InChI=1S/C11H10F5NOS/c1-4(18)5(17-2)3-19-11-9(15)7(13)6(12)8(14)10(11)16/h5,17H,3H2,1-2H3. The van der Waals surface area contributed by atoms with Gasteiger partial charge in [-0.2, -0.15) is 0 Å². The molecule has 0 aliphatic heterocycles. The Kier molecular flexibility index (Phi) is 5.30. The minimum Gasteiger partial charge on any atom is -0.310 e. The first-order valence-electron chi connectivity index (χ1n) is 5.13. The molecule has 2 nitrogen and oxygen atoms in total. The summed E-state index contributed by atoms with van der Waals surface area (Å²) in [7, 11) is 1.45. The summed E-state index contributed by atoms with van der Waals surface area (Å²) in [5.74, 6) is -10.4. The second-order valence-electron chi connectivity index (χ2n) is 3.66. The van der Waals surface area contributed by atoms with Crippen molar-refractivity contribution in [3.63, 3.8) is 0 Å². The number of rotatable bonds is 5. The summed E-state index contributed by atoms with van der Waals surface area (Å²) < 4.78 is 65.2. The molecule has 0 aliphatic rings. The fourth-order valence-electron chi connectivity index (χ4n) is 1.28. The van der Waals surface area contributed by atoms with Crippen LogP contribution in [-0.2, 0) is 4.79 Å². The van der Waals surface area contributed by atoms with Crippen molar-refractivity contribution < 1.29 is 26.7 Å². The minimum absolute atomic E-state index is 0.149. The number of carbonyl (C=O) groups excluding carboxylic acids is 1. The van der Waals surface area contributed by atoms with E-state index < -0.39 is 40.0 Å². The number of hydrogen-bond acceptors (Lipinski definition) is 3. The second-order valence-corrected chi connectivity index (χ2v) is 4.69. The smallest absolute Gasteiger partial charge is 0.200 e. The van der Waals surface area contributed by atoms with Crippen LogP contribution in [0.1, 0.15) is 6.92 Å². The normalized spacial score (nSPS) is 12.6. The molecule has 0 bridgehead atoms. The topological polar surface area (TPSA) is 29.1 Å². The van der Waals surface area contributed by atoms with E-state index in [1.165, 1.54) is 14.0 Å². The second kappa shape index (κ2) is 6.33. The number of halogens is 5. The van der Waals surface area contributed by atoms with E-state index in [1.54, 1.807) is 0 Å². The highest BCUT2D eigenvalue weighted by atomic mass is 32.2. The molecule has 1 unspecified atom stereocenters. The van der Waals surface area contributed by atoms with E-state index in [1.807, 2.05) is 0 Å². The Morgan fingerprint density at radius 1 is 1.05 bits per heavy atom. The van der Waals surface area contributed by atoms with Gasteiger partial charge in [-0.3, -0.25) is 4.79 Å². The van der Waals surface area contributed by atoms with Crippen molar-refractivity contribution in [2.24, 2.45) is 0 Å². The molecule has 0 aromatic heterocycles. The van der Waals surface area contributed by atoms with Crippen LogP contribution in [0.3, 0.4) is 0 Å². The van der Waals surface area contributed by atoms with E-state index in [9.17, 15) is 26.7 Å². The predicted molar refractivity (Wildman–Crippen MR) is 60.5 cm³/mol. The molecule has 1 N–H and O–H groups in total. The zero-order chi connectivity index (χ0) is 14.7. The third-order valence-corrected chi connectivity index (χ3v) is 3.55. The number of thioether (sulfide) groups is 1. The van der Waals surface area contributed by atoms with E-state index >= 15 is 0 Å². The molecule has 1 aromatic rings. The first-order chi connectivity index (χ1) is 8.81. The maximum absolute atomic E-state index is 13.3. The van der Waals surface area contributed by atoms with Gasteiger partial charge in [0.1, 0.15) is 5.78 Å². The van der Waals surface area contributed by atoms with Crippen LogP contribution in [0.5, 0.6) is 0 Å². The summed E-state index contributed by atoms with van der Waals surface area (Å²) in [6.45, 7) is 1.25. The fraction of sp³-hybridized carbons (Fsp3) is 0.364. The van der Waals surface area contributed by atoms with Gasteiger partial charge in [-0.05, 0) is 14.0 Å². The Morgan fingerprint density at radius 3 is 1.84 bits per heavy atom. The van der Waals surface area contributed by atoms with Gasteiger partial charge in [-0.15, -0.1) is 11.8 Å². The maximum Gasteiger partial charge on any atom is 0.200 e. The van der Waals surface area contributed by atoms with Gasteiger partial charge in [0.15, 0.2) is 23.3 Å². The molecule has 0 fully saturated rings. The zero-order valence-corrected chi connectivity index (χ0v) is 10.8. The van der Waals surface area contributed by atoms with Gasteiger partial charge in [-0.25, -0.2) is 22.0 Å². The molecule has 0 amide bonds. The van der Waals surface area contributed by atoms with Gasteiger partial charge in [0.2, 0.25) is 5.82 Å². The third-order valence-electron chi connectivity index (χ3n) is 2.40. The Labute approximate surface area is 110 Å². The Bertz CT molecular complexity index is 479. The molecule has 0 radical (unpaired) electrons. The molecular formula is C11H10F5NOS. The van der Waals surface area contributed by atoms with Crippen molar-refractivity contribution >= 4 is 17.5 Å². The number of hydrogen-bond donors (Lipinski definition) is 1. The molecule has 8 heteroatoms. The summed E-state index contributed by atoms with van der Waals surface area (Å²) in [4.78, 5) is 10.1. The summed E-state index contributed by atoms with van der Waals surface area (Å²) >= 11 is 0.392. The van der Waals surface area contributed by atoms with Crippen molar-refractivity contribution in [3.05, 3.63) is 29.1 Å². The van der Waals surface area contributed by atoms with Gasteiger partial charge < -0.3 is 5.32 Å². The monoisotopic (exact) mass is 299 g/mol. The number of benzene rings is 1. The quantitative estimate of drug-likeness (QED) is 0.392. The zero-order valence-electron chi connectivity index (χ0n) is 9.99. The lowest BCUT2D eigenvalue weighted by atomic mass is 10.2. The van der Waals surface area contributed by atoms with Crippen LogP contribution < -0.4 is 5.32 Å². The summed E-state index contributed by atoms with van der Waals surface area (Å²) in [5, 5.41) is 2.57. The third kappa shape index (κ3) is 3.24. The van der Waals surface area contributed by atoms with Crippen molar-refractivity contribution in [1.29, 1.82) is 0 Å². The Hall–Kier alpha value is -1.15. The number of ketones is 1. The molecule has 0 aliphatic carbocycles. The molecule has 1 aromatic carbocycles. The van der Waals surface area contributed by atoms with Gasteiger partial charge in [0.05, 0.1) is 10.9 Å². The van der Waals surface area contributed by atoms with Crippen molar-refractivity contribution in [1.82, 2.24) is 5.32 Å². The molecule has 0 saturated heterocycles. The summed E-state index contributed by atoms with van der Waals surface area (Å²) in [5.41, 5.74) is 0. The number of likely N-dealkylation sites (N-methyl/N-ethyl adjacent to an activating group) is 1. The lowest BCUT2D eigenvalue weighted by molar-refractivity contribution is -0.118. The number of carbonyl (C=O) groups is 1. The lowest BCUT2D eigenvalue weighted by Gasteiger charge is -2.13. The molecule has 106 valence electrons. The minimum atomic E-state index is -2.20. The van der Waals surface area contributed by atoms with Crippen molar-refractivity contribution in [2.75, 3.05) is 12.8 Å². The van der Waals surface area contributed by atoms with Gasteiger partial charge >= 0.3 is 0 Å². The van der Waals surface area contributed by atoms with Gasteiger partial charge in [0.25, 0.3) is 0 Å². The van der Waals surface area contributed by atoms with Crippen LogP contribution in [-0.4, -0.2) is 24.6 Å². The van der Waals surface area contributed by atoms with Gasteiger partial charge in [0, 0.05) is 5.75 Å². The van der Waals surface area contributed by atoms with Crippen LogP contribution in [0, 0.1) is 29.1 Å². The fourth-order valence-corrected chi connectivity index (χ4v) is 2.45. The average Bonchev–Trinajstić information content (AvgIpc) is 2.38. The predicted octanol–water partition coefficient (Wildman–Crippen LogP) is 2.65. The van der Waals surface area contributed by atoms with Crippen LogP contribution in [0.25, 0.3) is 0 Å². The van der Waals surface area contributed by atoms with Crippen molar-refractivity contribution in [3.8, 4) is 0 Å². The van der Waals surface area contributed by atoms with Crippen LogP contribution in [0.2, 0.25) is 0 Å². The van der Waals surface area contributed by atoms with E-state index in [2.05, 4.69) is 5.32 Å². The SMILES string of the molecule is CNC(CSc1c(F)c(F)c(F)c(F)c1F)C(C)=O. The average molecular weight is 299 g/mol. The van der Waals surface area contributed by atoms with Crippen LogP contribution in [0.15, 0.2) is 4.90 Å². The molecule has 0 spiro atoms. The molecule has 0 saturated carbocycles. The molecule has 1 rings (SSSR count). The first-order valence-corrected chi connectivity index (χ1v) is 6.11. The Morgan fingerprint density at radius 2 is 1.47 bits per heavy atom. The van der Waals surface area contributed by atoms with Crippen LogP contribution in [0.4, 0.5) is 22.0 Å². The first kappa shape index (κ1) is 15.9. The highest BCUT2D eigenvalue weighted by Gasteiger charge is 2.26. The van der Waals surface area contributed by atoms with Gasteiger partial charge in [-0.1, -0.05) is 0 Å². The number of nitrogens with one attached hydrogen (secondary N) is 1. The molecule has 1 atom stereocenters. The largest absolute Gasteiger partial charge is 0.310 e. The number of Topliss-reactive ketones (excluding diaryl/α,β-unsaturated/α-hetero) is 1.